The van der Waals surface area contributed by atoms with Crippen molar-refractivity contribution in [3.63, 3.8) is 0 Å². The number of para-hydroxylation sites is 1. The lowest BCUT2D eigenvalue weighted by molar-refractivity contribution is 0.0938. The summed E-state index contributed by atoms with van der Waals surface area (Å²) in [5.41, 5.74) is 5.10. The lowest BCUT2D eigenvalue weighted by Crippen LogP contribution is -2.32. The topological polar surface area (TPSA) is 79.9 Å². The lowest BCUT2D eigenvalue weighted by atomic mass is 10.0. The molecule has 0 aliphatic heterocycles. The summed E-state index contributed by atoms with van der Waals surface area (Å²) in [6.07, 6.45) is 6.36. The van der Waals surface area contributed by atoms with Crippen LogP contribution < -0.4 is 10.1 Å². The third-order valence-corrected chi connectivity index (χ3v) is 5.96. The molecular weight excluding hydrogens is 388 g/mol. The van der Waals surface area contributed by atoms with Gasteiger partial charge in [-0.25, -0.2) is 4.98 Å². The SMILES string of the molecule is COc1ccccc1-c1[nH]nc2ncc(-c3ccc(C(=O)NC4CCCC4)cc3)cc12. The number of H-pyrrole nitrogens is 1. The molecule has 31 heavy (non-hydrogen) atoms. The van der Waals surface area contributed by atoms with Crippen LogP contribution in [0.3, 0.4) is 0 Å². The molecule has 156 valence electrons. The number of ether oxygens (including phenoxy) is 1. The highest BCUT2D eigenvalue weighted by molar-refractivity contribution is 5.96. The van der Waals surface area contributed by atoms with Crippen LogP contribution in [-0.4, -0.2) is 34.2 Å². The predicted molar refractivity (Wildman–Crippen MR) is 121 cm³/mol. The Morgan fingerprint density at radius 1 is 1.06 bits per heavy atom. The molecule has 0 saturated heterocycles. The van der Waals surface area contributed by atoms with Crippen LogP contribution in [0.4, 0.5) is 0 Å². The predicted octanol–water partition coefficient (Wildman–Crippen LogP) is 4.97. The molecule has 0 spiro atoms. The number of benzene rings is 2. The van der Waals surface area contributed by atoms with Crippen LogP contribution in [-0.2, 0) is 0 Å². The fraction of sp³-hybridized carbons (Fsp3) is 0.240. The minimum absolute atomic E-state index is 0.000297. The van der Waals surface area contributed by atoms with Crippen molar-refractivity contribution in [2.45, 2.75) is 31.7 Å². The molecule has 1 aliphatic carbocycles. The molecule has 4 aromatic rings. The van der Waals surface area contributed by atoms with Gasteiger partial charge in [-0.3, -0.25) is 9.89 Å². The van der Waals surface area contributed by atoms with Crippen LogP contribution in [0.25, 0.3) is 33.4 Å². The van der Waals surface area contributed by atoms with E-state index in [1.165, 1.54) is 12.8 Å². The maximum Gasteiger partial charge on any atom is 0.251 e. The zero-order chi connectivity index (χ0) is 21.2. The van der Waals surface area contributed by atoms with Crippen molar-refractivity contribution in [2.75, 3.05) is 7.11 Å². The van der Waals surface area contributed by atoms with Crippen LogP contribution in [0.2, 0.25) is 0 Å². The van der Waals surface area contributed by atoms with Gasteiger partial charge in [-0.1, -0.05) is 37.1 Å². The van der Waals surface area contributed by atoms with E-state index < -0.39 is 0 Å². The van der Waals surface area contributed by atoms with E-state index in [-0.39, 0.29) is 5.91 Å². The number of aromatic nitrogens is 3. The molecule has 1 aliphatic rings. The Kier molecular flexibility index (Phi) is 5.12. The molecule has 2 N–H and O–H groups in total. The van der Waals surface area contributed by atoms with Gasteiger partial charge in [0.1, 0.15) is 5.75 Å². The van der Waals surface area contributed by atoms with Crippen LogP contribution in [0.1, 0.15) is 36.0 Å². The lowest BCUT2D eigenvalue weighted by Gasteiger charge is -2.12. The Bertz CT molecular complexity index is 1220. The molecule has 6 nitrogen and oxygen atoms in total. The number of methoxy groups -OCH3 is 1. The van der Waals surface area contributed by atoms with E-state index in [4.69, 9.17) is 4.74 Å². The Balaban J connectivity index is 1.44. The maximum absolute atomic E-state index is 12.5. The van der Waals surface area contributed by atoms with Gasteiger partial charge in [-0.2, -0.15) is 5.10 Å². The zero-order valence-corrected chi connectivity index (χ0v) is 17.4. The van der Waals surface area contributed by atoms with Crippen LogP contribution in [0, 0.1) is 0 Å². The van der Waals surface area contributed by atoms with E-state index in [1.807, 2.05) is 54.7 Å². The molecule has 0 bridgehead atoms. The van der Waals surface area contributed by atoms with Crippen LogP contribution >= 0.6 is 0 Å². The first-order valence-electron chi connectivity index (χ1n) is 10.6. The number of amides is 1. The van der Waals surface area contributed by atoms with Crippen molar-refractivity contribution in [3.8, 4) is 28.1 Å². The van der Waals surface area contributed by atoms with Crippen molar-refractivity contribution in [3.05, 3.63) is 66.4 Å². The summed E-state index contributed by atoms with van der Waals surface area (Å²) in [6, 6.07) is 17.9. The standard InChI is InChI=1S/C25H24N4O2/c1-31-22-9-5-4-8-20(22)23-21-14-18(15-26-24(21)29-28-23)16-10-12-17(13-11-16)25(30)27-19-6-2-3-7-19/h4-5,8-15,19H,2-3,6-7H2,1H3,(H,27,30)(H,26,28,29). The van der Waals surface area contributed by atoms with Crippen molar-refractivity contribution in [1.29, 1.82) is 0 Å². The molecule has 2 heterocycles. The van der Waals surface area contributed by atoms with Crippen molar-refractivity contribution < 1.29 is 9.53 Å². The van der Waals surface area contributed by atoms with E-state index in [2.05, 4.69) is 26.6 Å². The van der Waals surface area contributed by atoms with E-state index in [1.54, 1.807) is 7.11 Å². The summed E-state index contributed by atoms with van der Waals surface area (Å²) in [5, 5.41) is 11.5. The van der Waals surface area contributed by atoms with Gasteiger partial charge >= 0.3 is 0 Å². The largest absolute Gasteiger partial charge is 0.496 e. The second-order valence-corrected chi connectivity index (χ2v) is 7.93. The second kappa shape index (κ2) is 8.22. The molecule has 6 heteroatoms. The molecular formula is C25H24N4O2. The van der Waals surface area contributed by atoms with E-state index in [0.717, 1.165) is 46.4 Å². The van der Waals surface area contributed by atoms with Gasteiger partial charge in [0, 0.05) is 34.3 Å². The van der Waals surface area contributed by atoms with Crippen LogP contribution in [0.15, 0.2) is 60.8 Å². The smallest absolute Gasteiger partial charge is 0.251 e. The normalized spacial score (nSPS) is 14.1. The molecule has 1 amide bonds. The number of carbonyl (C=O) groups is 1. The first-order chi connectivity index (χ1) is 15.2. The third-order valence-electron chi connectivity index (χ3n) is 5.96. The number of fused-ring (bicyclic) bond motifs is 1. The third kappa shape index (κ3) is 3.77. The Morgan fingerprint density at radius 3 is 2.61 bits per heavy atom. The summed E-state index contributed by atoms with van der Waals surface area (Å²) in [4.78, 5) is 17.0. The number of rotatable bonds is 5. The fourth-order valence-electron chi connectivity index (χ4n) is 4.27. The molecule has 2 aromatic carbocycles. The van der Waals surface area contributed by atoms with Gasteiger partial charge < -0.3 is 10.1 Å². The van der Waals surface area contributed by atoms with Gasteiger partial charge in [-0.05, 0) is 48.7 Å². The minimum atomic E-state index is 0.000297. The number of hydrogen-bond donors (Lipinski definition) is 2. The number of aromatic amines is 1. The molecule has 0 atom stereocenters. The molecule has 1 fully saturated rings. The number of nitrogens with one attached hydrogen (secondary N) is 2. The summed E-state index contributed by atoms with van der Waals surface area (Å²) in [6.45, 7) is 0. The fourth-order valence-corrected chi connectivity index (χ4v) is 4.27. The van der Waals surface area contributed by atoms with E-state index >= 15 is 0 Å². The first-order valence-corrected chi connectivity index (χ1v) is 10.6. The van der Waals surface area contributed by atoms with Crippen LogP contribution in [0.5, 0.6) is 5.75 Å². The second-order valence-electron chi connectivity index (χ2n) is 7.93. The van der Waals surface area contributed by atoms with Gasteiger partial charge in [0.15, 0.2) is 5.65 Å². The molecule has 0 radical (unpaired) electrons. The number of carbonyl (C=O) groups excluding carboxylic acids is 1. The Labute approximate surface area is 180 Å². The van der Waals surface area contributed by atoms with Crippen molar-refractivity contribution in [2.24, 2.45) is 0 Å². The average Bonchev–Trinajstić information content (AvgIpc) is 3.48. The monoisotopic (exact) mass is 412 g/mol. The molecule has 1 saturated carbocycles. The van der Waals surface area contributed by atoms with Gasteiger partial charge in [0.2, 0.25) is 0 Å². The summed E-state index contributed by atoms with van der Waals surface area (Å²) < 4.78 is 5.51. The highest BCUT2D eigenvalue weighted by Gasteiger charge is 2.18. The molecule has 0 unspecified atom stereocenters. The first kappa shape index (κ1) is 19.3. The highest BCUT2D eigenvalue weighted by Crippen LogP contribution is 2.34. The quantitative estimate of drug-likeness (QED) is 0.485. The van der Waals surface area contributed by atoms with Crippen molar-refractivity contribution >= 4 is 16.9 Å². The number of hydrogen-bond acceptors (Lipinski definition) is 4. The summed E-state index contributed by atoms with van der Waals surface area (Å²) in [5.74, 6) is 0.774. The van der Waals surface area contributed by atoms with Crippen molar-refractivity contribution in [1.82, 2.24) is 20.5 Å². The average molecular weight is 412 g/mol. The number of pyridine rings is 1. The van der Waals surface area contributed by atoms with Gasteiger partial charge in [0.25, 0.3) is 5.91 Å². The number of nitrogens with zero attached hydrogens (tertiary/aromatic N) is 2. The minimum Gasteiger partial charge on any atom is -0.496 e. The zero-order valence-electron chi connectivity index (χ0n) is 17.4. The summed E-state index contributed by atoms with van der Waals surface area (Å²) >= 11 is 0. The van der Waals surface area contributed by atoms with E-state index in [0.29, 0.717) is 17.3 Å². The maximum atomic E-state index is 12.5. The Hall–Kier alpha value is -3.67. The highest BCUT2D eigenvalue weighted by atomic mass is 16.5. The van der Waals surface area contributed by atoms with Gasteiger partial charge in [0.05, 0.1) is 12.8 Å². The van der Waals surface area contributed by atoms with E-state index in [9.17, 15) is 4.79 Å². The molecule has 2 aromatic heterocycles. The van der Waals surface area contributed by atoms with Gasteiger partial charge in [-0.15, -0.1) is 0 Å². The Morgan fingerprint density at radius 2 is 1.84 bits per heavy atom. The summed E-state index contributed by atoms with van der Waals surface area (Å²) in [7, 11) is 1.66. The molecule has 5 rings (SSSR count).